The van der Waals surface area contributed by atoms with Crippen molar-refractivity contribution in [2.24, 2.45) is 0 Å². The predicted octanol–water partition coefficient (Wildman–Crippen LogP) is 1.94. The monoisotopic (exact) mass is 298 g/mol. The van der Waals surface area contributed by atoms with Crippen LogP contribution in [0.4, 0.5) is 5.69 Å². The zero-order valence-corrected chi connectivity index (χ0v) is 11.0. The Morgan fingerprint density at radius 2 is 2.15 bits per heavy atom. The van der Waals surface area contributed by atoms with Gasteiger partial charge in [-0.05, 0) is 18.9 Å². The van der Waals surface area contributed by atoms with E-state index in [2.05, 4.69) is 0 Å². The number of benzene rings is 1. The summed E-state index contributed by atoms with van der Waals surface area (Å²) in [4.78, 5) is 34.6. The van der Waals surface area contributed by atoms with Crippen molar-refractivity contribution in [2.75, 3.05) is 6.54 Å². The fourth-order valence-corrected chi connectivity index (χ4v) is 2.47. The van der Waals surface area contributed by atoms with Crippen molar-refractivity contribution in [1.29, 1.82) is 0 Å². The van der Waals surface area contributed by atoms with Gasteiger partial charge >= 0.3 is 5.97 Å². The molecule has 1 saturated heterocycles. The summed E-state index contributed by atoms with van der Waals surface area (Å²) in [5, 5.41) is 19.6. The van der Waals surface area contributed by atoms with Crippen LogP contribution in [0.15, 0.2) is 18.2 Å². The van der Waals surface area contributed by atoms with Gasteiger partial charge in [0.1, 0.15) is 6.04 Å². The molecule has 1 heterocycles. The molecule has 1 fully saturated rings. The third-order valence-electron chi connectivity index (χ3n) is 3.19. The fourth-order valence-electron chi connectivity index (χ4n) is 2.21. The van der Waals surface area contributed by atoms with E-state index in [4.69, 9.17) is 16.7 Å². The van der Waals surface area contributed by atoms with Crippen molar-refractivity contribution < 1.29 is 19.6 Å². The minimum absolute atomic E-state index is 0.0553. The summed E-state index contributed by atoms with van der Waals surface area (Å²) in [6.45, 7) is 0.336. The molecule has 0 unspecified atom stereocenters. The van der Waals surface area contributed by atoms with Gasteiger partial charge in [0.25, 0.3) is 11.6 Å². The van der Waals surface area contributed by atoms with Crippen LogP contribution >= 0.6 is 11.6 Å². The van der Waals surface area contributed by atoms with Gasteiger partial charge < -0.3 is 10.0 Å². The minimum atomic E-state index is -1.06. The molecule has 1 aromatic carbocycles. The Hall–Kier alpha value is -2.15. The molecule has 0 spiro atoms. The van der Waals surface area contributed by atoms with Gasteiger partial charge in [-0.2, -0.15) is 0 Å². The number of nitro groups is 1. The molecule has 1 amide bonds. The number of amides is 1. The number of rotatable bonds is 3. The summed E-state index contributed by atoms with van der Waals surface area (Å²) in [7, 11) is 0. The normalized spacial score (nSPS) is 18.1. The van der Waals surface area contributed by atoms with Gasteiger partial charge in [0.05, 0.1) is 15.5 Å². The molecular formula is C12H11ClN2O5. The molecule has 1 N–H and O–H groups in total. The van der Waals surface area contributed by atoms with Crippen LogP contribution in [-0.2, 0) is 4.79 Å². The highest BCUT2D eigenvalue weighted by molar-refractivity contribution is 6.34. The molecule has 0 aliphatic carbocycles. The van der Waals surface area contributed by atoms with Gasteiger partial charge in [0.2, 0.25) is 0 Å². The predicted molar refractivity (Wildman–Crippen MR) is 69.8 cm³/mol. The fraction of sp³-hybridized carbons (Fsp3) is 0.333. The highest BCUT2D eigenvalue weighted by Gasteiger charge is 2.35. The number of halogens is 1. The Bertz CT molecular complexity index is 589. The summed E-state index contributed by atoms with van der Waals surface area (Å²) < 4.78 is 0. The Morgan fingerprint density at radius 3 is 2.70 bits per heavy atom. The van der Waals surface area contributed by atoms with Crippen molar-refractivity contribution in [2.45, 2.75) is 18.9 Å². The average Bonchev–Trinajstić information content (AvgIpc) is 2.87. The summed E-state index contributed by atoms with van der Waals surface area (Å²) >= 11 is 5.87. The van der Waals surface area contributed by atoms with Crippen LogP contribution in [0.2, 0.25) is 5.02 Å². The van der Waals surface area contributed by atoms with Crippen LogP contribution in [0.3, 0.4) is 0 Å². The Morgan fingerprint density at radius 1 is 1.45 bits per heavy atom. The van der Waals surface area contributed by atoms with Crippen LogP contribution in [0.5, 0.6) is 0 Å². The third-order valence-corrected chi connectivity index (χ3v) is 3.51. The second kappa shape index (κ2) is 5.46. The lowest BCUT2D eigenvalue weighted by Crippen LogP contribution is -2.40. The van der Waals surface area contributed by atoms with E-state index in [1.54, 1.807) is 0 Å². The van der Waals surface area contributed by atoms with Gasteiger partial charge in [0.15, 0.2) is 0 Å². The SMILES string of the molecule is O=C(O)[C@H]1CCCN1C(=O)c1ccc([N+](=O)[O-])cc1Cl. The van der Waals surface area contributed by atoms with Gasteiger partial charge in [-0.15, -0.1) is 0 Å². The molecule has 7 nitrogen and oxygen atoms in total. The van der Waals surface area contributed by atoms with Crippen LogP contribution in [0, 0.1) is 10.1 Å². The van der Waals surface area contributed by atoms with Crippen LogP contribution in [0.25, 0.3) is 0 Å². The standard InChI is InChI=1S/C12H11ClN2O5/c13-9-6-7(15(19)20)3-4-8(9)11(16)14-5-1-2-10(14)12(17)18/h3-4,6,10H,1-2,5H2,(H,17,18)/t10-/m1/s1. The Kier molecular flexibility index (Phi) is 3.89. The van der Waals surface area contributed by atoms with Gasteiger partial charge in [0, 0.05) is 18.7 Å². The van der Waals surface area contributed by atoms with Crippen LogP contribution < -0.4 is 0 Å². The van der Waals surface area contributed by atoms with Gasteiger partial charge in [-0.25, -0.2) is 4.79 Å². The summed E-state index contributed by atoms with van der Waals surface area (Å²) in [6, 6.07) is 2.64. The zero-order chi connectivity index (χ0) is 14.9. The smallest absolute Gasteiger partial charge is 0.326 e. The van der Waals surface area contributed by atoms with Crippen molar-refractivity contribution in [1.82, 2.24) is 4.90 Å². The van der Waals surface area contributed by atoms with Crippen molar-refractivity contribution >= 4 is 29.2 Å². The number of carbonyl (C=O) groups excluding carboxylic acids is 1. The lowest BCUT2D eigenvalue weighted by molar-refractivity contribution is -0.384. The number of non-ortho nitro benzene ring substituents is 1. The van der Waals surface area contributed by atoms with E-state index < -0.39 is 22.8 Å². The lowest BCUT2D eigenvalue weighted by atomic mass is 10.1. The molecule has 1 atom stereocenters. The molecule has 20 heavy (non-hydrogen) atoms. The molecule has 1 aromatic rings. The molecule has 0 aromatic heterocycles. The maximum Gasteiger partial charge on any atom is 0.326 e. The highest BCUT2D eigenvalue weighted by Crippen LogP contribution is 2.27. The topological polar surface area (TPSA) is 101 Å². The second-order valence-electron chi connectivity index (χ2n) is 4.42. The lowest BCUT2D eigenvalue weighted by Gasteiger charge is -2.21. The number of aliphatic carboxylic acids is 1. The molecule has 1 aliphatic rings. The number of nitro benzene ring substituents is 1. The molecule has 106 valence electrons. The first kappa shape index (κ1) is 14.3. The van der Waals surface area contributed by atoms with Crippen LogP contribution in [0.1, 0.15) is 23.2 Å². The first-order valence-corrected chi connectivity index (χ1v) is 6.27. The Balaban J connectivity index is 2.29. The number of likely N-dealkylation sites (tertiary alicyclic amines) is 1. The number of carboxylic acid groups (broad SMARTS) is 1. The largest absolute Gasteiger partial charge is 0.480 e. The molecule has 2 rings (SSSR count). The van der Waals surface area contributed by atoms with Crippen molar-refractivity contribution in [3.63, 3.8) is 0 Å². The van der Waals surface area contributed by atoms with E-state index in [1.165, 1.54) is 17.0 Å². The maximum absolute atomic E-state index is 12.3. The van der Waals surface area contributed by atoms with E-state index in [-0.39, 0.29) is 16.3 Å². The molecule has 0 radical (unpaired) electrons. The number of carboxylic acids is 1. The number of nitrogens with zero attached hydrogens (tertiary/aromatic N) is 2. The van der Waals surface area contributed by atoms with Crippen molar-refractivity contribution in [3.8, 4) is 0 Å². The van der Waals surface area contributed by atoms with Crippen molar-refractivity contribution in [3.05, 3.63) is 38.9 Å². The first-order valence-electron chi connectivity index (χ1n) is 5.89. The molecule has 0 saturated carbocycles. The van der Waals surface area contributed by atoms with E-state index in [9.17, 15) is 19.7 Å². The average molecular weight is 299 g/mol. The molecule has 1 aliphatic heterocycles. The van der Waals surface area contributed by atoms with Crippen LogP contribution in [-0.4, -0.2) is 39.4 Å². The molecule has 8 heteroatoms. The van der Waals surface area contributed by atoms with E-state index in [0.717, 1.165) is 6.07 Å². The first-order chi connectivity index (χ1) is 9.41. The number of hydrogen-bond acceptors (Lipinski definition) is 4. The Labute approximate surface area is 118 Å². The highest BCUT2D eigenvalue weighted by atomic mass is 35.5. The summed E-state index contributed by atoms with van der Waals surface area (Å²) in [5.41, 5.74) is -0.145. The number of hydrogen-bond donors (Lipinski definition) is 1. The second-order valence-corrected chi connectivity index (χ2v) is 4.82. The minimum Gasteiger partial charge on any atom is -0.480 e. The summed E-state index contributed by atoms with van der Waals surface area (Å²) in [5.74, 6) is -1.58. The zero-order valence-electron chi connectivity index (χ0n) is 10.3. The van der Waals surface area contributed by atoms with E-state index in [0.29, 0.717) is 19.4 Å². The third kappa shape index (κ3) is 2.57. The van der Waals surface area contributed by atoms with E-state index >= 15 is 0 Å². The number of carbonyl (C=O) groups is 2. The summed E-state index contributed by atoms with van der Waals surface area (Å²) in [6.07, 6.45) is 0.999. The van der Waals surface area contributed by atoms with Gasteiger partial charge in [-0.3, -0.25) is 14.9 Å². The molecular weight excluding hydrogens is 288 g/mol. The van der Waals surface area contributed by atoms with Gasteiger partial charge in [-0.1, -0.05) is 11.6 Å². The maximum atomic E-state index is 12.3. The molecule has 0 bridgehead atoms. The quantitative estimate of drug-likeness (QED) is 0.679. The van der Waals surface area contributed by atoms with E-state index in [1.807, 2.05) is 0 Å².